The fourth-order valence-corrected chi connectivity index (χ4v) is 2.31. The average Bonchev–Trinajstić information content (AvgIpc) is 2.46. The fourth-order valence-electron chi connectivity index (χ4n) is 1.81. The molecular weight excluding hydrogens is 351 g/mol. The summed E-state index contributed by atoms with van der Waals surface area (Å²) in [7, 11) is 1.32. The van der Waals surface area contributed by atoms with Crippen molar-refractivity contribution >= 4 is 34.8 Å². The number of hydrogen-bond acceptors (Lipinski definition) is 3. The minimum Gasteiger partial charge on any atom is -0.493 e. The molecule has 0 saturated heterocycles. The zero-order valence-electron chi connectivity index (χ0n) is 11.8. The Labute approximate surface area is 140 Å². The molecule has 0 atom stereocenters. The number of amides is 1. The largest absolute Gasteiger partial charge is 0.493 e. The van der Waals surface area contributed by atoms with Gasteiger partial charge in [-0.2, -0.15) is 8.78 Å². The van der Waals surface area contributed by atoms with Gasteiger partial charge >= 0.3 is 6.61 Å². The van der Waals surface area contributed by atoms with E-state index < -0.39 is 12.5 Å². The molecule has 0 aliphatic heterocycles. The minimum absolute atomic E-state index is 0.118. The highest BCUT2D eigenvalue weighted by molar-refractivity contribution is 6.37. The molecule has 0 radical (unpaired) electrons. The Balaban J connectivity index is 2.23. The van der Waals surface area contributed by atoms with Gasteiger partial charge in [0.2, 0.25) is 0 Å². The Morgan fingerprint density at radius 3 is 2.48 bits per heavy atom. The molecule has 0 fully saturated rings. The summed E-state index contributed by atoms with van der Waals surface area (Å²) in [6, 6.07) is 8.52. The Kier molecular flexibility index (Phi) is 5.63. The summed E-state index contributed by atoms with van der Waals surface area (Å²) >= 11 is 11.7. The maximum absolute atomic E-state index is 12.4. The van der Waals surface area contributed by atoms with E-state index in [-0.39, 0.29) is 27.8 Å². The molecule has 0 saturated carbocycles. The van der Waals surface area contributed by atoms with Crippen LogP contribution >= 0.6 is 23.2 Å². The summed E-state index contributed by atoms with van der Waals surface area (Å²) in [5.41, 5.74) is 0.445. The van der Waals surface area contributed by atoms with Crippen LogP contribution in [0.5, 0.6) is 11.5 Å². The average molecular weight is 362 g/mol. The van der Waals surface area contributed by atoms with E-state index in [0.717, 1.165) is 0 Å². The van der Waals surface area contributed by atoms with E-state index in [4.69, 9.17) is 27.9 Å². The third kappa shape index (κ3) is 4.46. The third-order valence-electron chi connectivity index (χ3n) is 2.81. The quantitative estimate of drug-likeness (QED) is 0.827. The summed E-state index contributed by atoms with van der Waals surface area (Å²) in [6.07, 6.45) is 0. The van der Waals surface area contributed by atoms with Crippen LogP contribution in [0, 0.1) is 0 Å². The summed E-state index contributed by atoms with van der Waals surface area (Å²) in [5.74, 6) is -0.588. The summed E-state index contributed by atoms with van der Waals surface area (Å²) in [6.45, 7) is -3.01. The Hall–Kier alpha value is -2.05. The first kappa shape index (κ1) is 17.3. The topological polar surface area (TPSA) is 47.6 Å². The zero-order chi connectivity index (χ0) is 17.0. The number of carbonyl (C=O) groups excluding carboxylic acids is 1. The number of methoxy groups -OCH3 is 1. The Morgan fingerprint density at radius 1 is 1.13 bits per heavy atom. The van der Waals surface area contributed by atoms with Crippen LogP contribution in [-0.2, 0) is 0 Å². The minimum atomic E-state index is -3.01. The zero-order valence-corrected chi connectivity index (χ0v) is 13.3. The highest BCUT2D eigenvalue weighted by atomic mass is 35.5. The van der Waals surface area contributed by atoms with Crippen LogP contribution in [0.25, 0.3) is 0 Å². The number of ether oxygens (including phenoxy) is 2. The van der Waals surface area contributed by atoms with Crippen molar-refractivity contribution in [2.45, 2.75) is 6.61 Å². The molecule has 0 aromatic heterocycles. The van der Waals surface area contributed by atoms with E-state index in [0.29, 0.717) is 5.02 Å². The Morgan fingerprint density at radius 2 is 1.87 bits per heavy atom. The fraction of sp³-hybridized carbons (Fsp3) is 0.133. The van der Waals surface area contributed by atoms with Crippen molar-refractivity contribution in [1.29, 1.82) is 0 Å². The second-order valence-corrected chi connectivity index (χ2v) is 5.17. The maximum Gasteiger partial charge on any atom is 0.387 e. The molecule has 0 bridgehead atoms. The van der Waals surface area contributed by atoms with E-state index in [9.17, 15) is 13.6 Å². The molecule has 0 unspecified atom stereocenters. The Bertz CT molecular complexity index is 726. The first-order valence-corrected chi connectivity index (χ1v) is 7.05. The number of benzene rings is 2. The normalized spacial score (nSPS) is 10.5. The molecule has 0 aliphatic rings. The SMILES string of the molecule is COc1ccc(NC(=O)c2ccc(Cl)cc2Cl)cc1OC(F)F. The molecule has 122 valence electrons. The van der Waals surface area contributed by atoms with Gasteiger partial charge in [-0.1, -0.05) is 23.2 Å². The number of nitrogens with one attached hydrogen (secondary N) is 1. The van der Waals surface area contributed by atoms with Crippen molar-refractivity contribution in [1.82, 2.24) is 0 Å². The van der Waals surface area contributed by atoms with Crippen molar-refractivity contribution in [3.63, 3.8) is 0 Å². The number of hydrogen-bond donors (Lipinski definition) is 1. The number of carbonyl (C=O) groups is 1. The predicted octanol–water partition coefficient (Wildman–Crippen LogP) is 4.86. The first-order chi connectivity index (χ1) is 10.9. The summed E-state index contributed by atoms with van der Waals surface area (Å²) in [5, 5.41) is 3.10. The number of alkyl halides is 2. The second-order valence-electron chi connectivity index (χ2n) is 4.32. The van der Waals surface area contributed by atoms with E-state index in [1.54, 1.807) is 0 Å². The van der Waals surface area contributed by atoms with Crippen molar-refractivity contribution < 1.29 is 23.0 Å². The number of halogens is 4. The van der Waals surface area contributed by atoms with Gasteiger partial charge in [0.15, 0.2) is 11.5 Å². The molecule has 0 heterocycles. The second kappa shape index (κ2) is 7.48. The van der Waals surface area contributed by atoms with Gasteiger partial charge in [0.05, 0.1) is 17.7 Å². The van der Waals surface area contributed by atoms with Crippen LogP contribution in [0.1, 0.15) is 10.4 Å². The van der Waals surface area contributed by atoms with Gasteiger partial charge in [-0.3, -0.25) is 4.79 Å². The number of rotatable bonds is 5. The van der Waals surface area contributed by atoms with Crippen molar-refractivity contribution in [2.75, 3.05) is 12.4 Å². The lowest BCUT2D eigenvalue weighted by molar-refractivity contribution is -0.0511. The lowest BCUT2D eigenvalue weighted by atomic mass is 10.2. The van der Waals surface area contributed by atoms with Crippen LogP contribution in [0.3, 0.4) is 0 Å². The molecule has 1 amide bonds. The van der Waals surface area contributed by atoms with Crippen LogP contribution in [-0.4, -0.2) is 19.6 Å². The van der Waals surface area contributed by atoms with Gasteiger partial charge in [0.1, 0.15) is 0 Å². The van der Waals surface area contributed by atoms with Crippen LogP contribution in [0.15, 0.2) is 36.4 Å². The van der Waals surface area contributed by atoms with Gasteiger partial charge in [0.25, 0.3) is 5.91 Å². The first-order valence-electron chi connectivity index (χ1n) is 6.30. The van der Waals surface area contributed by atoms with E-state index in [1.807, 2.05) is 0 Å². The van der Waals surface area contributed by atoms with Crippen LogP contribution in [0.2, 0.25) is 10.0 Å². The van der Waals surface area contributed by atoms with Gasteiger partial charge in [-0.15, -0.1) is 0 Å². The van der Waals surface area contributed by atoms with Gasteiger partial charge in [0, 0.05) is 16.8 Å². The van der Waals surface area contributed by atoms with Gasteiger partial charge in [-0.05, 0) is 30.3 Å². The predicted molar refractivity (Wildman–Crippen MR) is 84.0 cm³/mol. The summed E-state index contributed by atoms with van der Waals surface area (Å²) in [4.78, 5) is 12.2. The maximum atomic E-state index is 12.4. The standard InChI is InChI=1S/C15H11Cl2F2NO3/c1-22-12-5-3-9(7-13(12)23-15(18)19)20-14(21)10-4-2-8(16)6-11(10)17/h2-7,15H,1H3,(H,20,21). The van der Waals surface area contributed by atoms with E-state index >= 15 is 0 Å². The molecule has 1 N–H and O–H groups in total. The van der Waals surface area contributed by atoms with Gasteiger partial charge in [-0.25, -0.2) is 0 Å². The molecule has 0 aliphatic carbocycles. The lowest BCUT2D eigenvalue weighted by Gasteiger charge is -2.12. The molecule has 2 rings (SSSR count). The molecule has 8 heteroatoms. The van der Waals surface area contributed by atoms with Crippen molar-refractivity contribution in [2.24, 2.45) is 0 Å². The van der Waals surface area contributed by atoms with Crippen molar-refractivity contribution in [3.8, 4) is 11.5 Å². The van der Waals surface area contributed by atoms with E-state index in [1.165, 1.54) is 43.5 Å². The highest BCUT2D eigenvalue weighted by Gasteiger charge is 2.14. The molecule has 4 nitrogen and oxygen atoms in total. The monoisotopic (exact) mass is 361 g/mol. The summed E-state index contributed by atoms with van der Waals surface area (Å²) < 4.78 is 34.1. The molecular formula is C15H11Cl2F2NO3. The van der Waals surface area contributed by atoms with Crippen molar-refractivity contribution in [3.05, 3.63) is 52.0 Å². The van der Waals surface area contributed by atoms with Gasteiger partial charge < -0.3 is 14.8 Å². The van der Waals surface area contributed by atoms with Crippen LogP contribution in [0.4, 0.5) is 14.5 Å². The smallest absolute Gasteiger partial charge is 0.387 e. The lowest BCUT2D eigenvalue weighted by Crippen LogP contribution is -2.13. The third-order valence-corrected chi connectivity index (χ3v) is 3.36. The molecule has 0 spiro atoms. The molecule has 23 heavy (non-hydrogen) atoms. The van der Waals surface area contributed by atoms with Crippen LogP contribution < -0.4 is 14.8 Å². The molecule has 2 aromatic rings. The van der Waals surface area contributed by atoms with E-state index in [2.05, 4.69) is 10.1 Å². The molecule has 2 aromatic carbocycles. The highest BCUT2D eigenvalue weighted by Crippen LogP contribution is 2.32. The number of anilines is 1.